The van der Waals surface area contributed by atoms with Crippen LogP contribution in [0.4, 0.5) is 0 Å². The highest BCUT2D eigenvalue weighted by Crippen LogP contribution is 2.25. The first-order valence-electron chi connectivity index (χ1n) is 9.82. The van der Waals surface area contributed by atoms with Crippen molar-refractivity contribution in [2.45, 2.75) is 78.0 Å². The van der Waals surface area contributed by atoms with Crippen LogP contribution >= 0.6 is 11.6 Å². The zero-order valence-corrected chi connectivity index (χ0v) is 17.9. The van der Waals surface area contributed by atoms with Crippen molar-refractivity contribution in [1.29, 1.82) is 0 Å². The summed E-state index contributed by atoms with van der Waals surface area (Å²) in [4.78, 5) is 11.8. The van der Waals surface area contributed by atoms with Crippen LogP contribution in [0.3, 0.4) is 0 Å². The molecule has 1 amide bonds. The maximum atomic E-state index is 11.8. The van der Waals surface area contributed by atoms with Gasteiger partial charge in [-0.3, -0.25) is 4.79 Å². The van der Waals surface area contributed by atoms with Crippen LogP contribution in [0.5, 0.6) is 5.75 Å². The molecule has 1 atom stereocenters. The topological polar surface area (TPSA) is 70.6 Å². The van der Waals surface area contributed by atoms with Crippen LogP contribution in [0.25, 0.3) is 0 Å². The van der Waals surface area contributed by atoms with Gasteiger partial charge in [-0.05, 0) is 44.9 Å². The van der Waals surface area contributed by atoms with Gasteiger partial charge in [0.1, 0.15) is 18.5 Å². The predicted molar refractivity (Wildman–Crippen MR) is 111 cm³/mol. The van der Waals surface area contributed by atoms with Crippen molar-refractivity contribution >= 4 is 17.5 Å². The van der Waals surface area contributed by atoms with E-state index in [1.807, 2.05) is 26.8 Å². The van der Waals surface area contributed by atoms with E-state index in [4.69, 9.17) is 16.3 Å². The number of aliphatic hydroxyl groups excluding tert-OH is 1. The van der Waals surface area contributed by atoms with Gasteiger partial charge in [-0.1, -0.05) is 43.9 Å². The highest BCUT2D eigenvalue weighted by Gasteiger charge is 2.13. The minimum atomic E-state index is -0.619. The number of aliphatic hydroxyl groups is 1. The predicted octanol–water partition coefficient (Wildman–Crippen LogP) is 4.05. The van der Waals surface area contributed by atoms with Crippen molar-refractivity contribution in [2.24, 2.45) is 0 Å². The maximum absolute atomic E-state index is 11.8. The lowest BCUT2D eigenvalue weighted by Crippen LogP contribution is -2.42. The van der Waals surface area contributed by atoms with Crippen molar-refractivity contribution < 1.29 is 14.6 Å². The standard InChI is InChI=1S/C21H35ClN2O3/c1-5-6-7-8-9-20(26)23-13-16-10-11-19(18(22)12-16)27-15-17(25)14-24-21(2,3)4/h10-12,17,24-25H,5-9,13-15H2,1-4H3,(H,23,26). The molecule has 1 aromatic rings. The van der Waals surface area contributed by atoms with Gasteiger partial charge in [0.05, 0.1) is 5.02 Å². The lowest BCUT2D eigenvalue weighted by Gasteiger charge is -2.23. The van der Waals surface area contributed by atoms with E-state index in [0.717, 1.165) is 18.4 Å². The highest BCUT2D eigenvalue weighted by atomic mass is 35.5. The van der Waals surface area contributed by atoms with E-state index >= 15 is 0 Å². The molecule has 0 saturated heterocycles. The SMILES string of the molecule is CCCCCCC(=O)NCc1ccc(OCC(O)CNC(C)(C)C)c(Cl)c1. The first-order chi connectivity index (χ1) is 12.7. The van der Waals surface area contributed by atoms with E-state index < -0.39 is 6.10 Å². The van der Waals surface area contributed by atoms with Crippen LogP contribution in [-0.2, 0) is 11.3 Å². The van der Waals surface area contributed by atoms with E-state index in [2.05, 4.69) is 17.6 Å². The molecule has 154 valence electrons. The Morgan fingerprint density at radius 1 is 1.26 bits per heavy atom. The first-order valence-corrected chi connectivity index (χ1v) is 10.2. The summed E-state index contributed by atoms with van der Waals surface area (Å²) >= 11 is 6.26. The molecule has 27 heavy (non-hydrogen) atoms. The Labute approximate surface area is 168 Å². The summed E-state index contributed by atoms with van der Waals surface area (Å²) in [5.74, 6) is 0.596. The summed E-state index contributed by atoms with van der Waals surface area (Å²) in [5.41, 5.74) is 0.866. The zero-order chi connectivity index (χ0) is 20.3. The first kappa shape index (κ1) is 23.7. The van der Waals surface area contributed by atoms with E-state index in [-0.39, 0.29) is 18.1 Å². The quantitative estimate of drug-likeness (QED) is 0.464. The number of β-amino-alcohol motifs (C(OH)–C–C–N with tert-alkyl or cyclic N) is 1. The van der Waals surface area contributed by atoms with Crippen molar-refractivity contribution in [3.63, 3.8) is 0 Å². The van der Waals surface area contributed by atoms with Gasteiger partial charge in [0.2, 0.25) is 5.91 Å². The van der Waals surface area contributed by atoms with E-state index in [9.17, 15) is 9.90 Å². The molecule has 6 heteroatoms. The fourth-order valence-corrected chi connectivity index (χ4v) is 2.70. The molecule has 0 fully saturated rings. The summed E-state index contributed by atoms with van der Waals surface area (Å²) in [6.45, 7) is 9.34. The number of nitrogens with one attached hydrogen (secondary N) is 2. The molecule has 1 rings (SSSR count). The van der Waals surface area contributed by atoms with Gasteiger partial charge >= 0.3 is 0 Å². The van der Waals surface area contributed by atoms with Crippen LogP contribution in [-0.4, -0.2) is 35.8 Å². The van der Waals surface area contributed by atoms with Gasteiger partial charge in [-0.15, -0.1) is 0 Å². The Kier molecular flexibility index (Phi) is 10.7. The molecule has 0 radical (unpaired) electrons. The number of amides is 1. The minimum Gasteiger partial charge on any atom is -0.489 e. The second-order valence-electron chi connectivity index (χ2n) is 7.95. The summed E-state index contributed by atoms with van der Waals surface area (Å²) in [6, 6.07) is 5.43. The number of hydrogen-bond donors (Lipinski definition) is 3. The largest absolute Gasteiger partial charge is 0.489 e. The third kappa shape index (κ3) is 11.2. The van der Waals surface area contributed by atoms with Crippen molar-refractivity contribution in [3.8, 4) is 5.75 Å². The maximum Gasteiger partial charge on any atom is 0.220 e. The molecule has 0 aliphatic carbocycles. The Morgan fingerprint density at radius 3 is 2.63 bits per heavy atom. The average molecular weight is 399 g/mol. The Balaban J connectivity index is 2.37. The zero-order valence-electron chi connectivity index (χ0n) is 17.1. The number of carbonyl (C=O) groups is 1. The molecule has 0 aromatic heterocycles. The monoisotopic (exact) mass is 398 g/mol. The number of unbranched alkanes of at least 4 members (excludes halogenated alkanes) is 3. The van der Waals surface area contributed by atoms with Gasteiger partial charge < -0.3 is 20.5 Å². The van der Waals surface area contributed by atoms with Crippen molar-refractivity contribution in [2.75, 3.05) is 13.2 Å². The lowest BCUT2D eigenvalue weighted by molar-refractivity contribution is -0.121. The molecule has 3 N–H and O–H groups in total. The number of halogens is 1. The van der Waals surface area contributed by atoms with E-state index in [1.165, 1.54) is 12.8 Å². The molecular formula is C21H35ClN2O3. The smallest absolute Gasteiger partial charge is 0.220 e. The number of hydrogen-bond acceptors (Lipinski definition) is 4. The summed E-state index contributed by atoms with van der Waals surface area (Å²) in [5, 5.41) is 16.6. The molecule has 1 unspecified atom stereocenters. The Hall–Kier alpha value is -1.30. The van der Waals surface area contributed by atoms with Crippen molar-refractivity contribution in [1.82, 2.24) is 10.6 Å². The molecular weight excluding hydrogens is 364 g/mol. The van der Waals surface area contributed by atoms with Crippen molar-refractivity contribution in [3.05, 3.63) is 28.8 Å². The van der Waals surface area contributed by atoms with Gasteiger partial charge in [-0.25, -0.2) is 0 Å². The van der Waals surface area contributed by atoms with Gasteiger partial charge in [0.15, 0.2) is 0 Å². The molecule has 5 nitrogen and oxygen atoms in total. The number of benzene rings is 1. The van der Waals surface area contributed by atoms with Crippen LogP contribution in [0.2, 0.25) is 5.02 Å². The lowest BCUT2D eigenvalue weighted by atomic mass is 10.1. The third-order valence-electron chi connectivity index (χ3n) is 4.04. The molecule has 0 heterocycles. The summed E-state index contributed by atoms with van der Waals surface area (Å²) in [7, 11) is 0. The fourth-order valence-electron chi connectivity index (χ4n) is 2.44. The van der Waals surface area contributed by atoms with Gasteiger partial charge in [-0.2, -0.15) is 0 Å². The molecule has 0 spiro atoms. The Bertz CT molecular complexity index is 573. The fraction of sp³-hybridized carbons (Fsp3) is 0.667. The average Bonchev–Trinajstić information content (AvgIpc) is 2.60. The summed E-state index contributed by atoms with van der Waals surface area (Å²) < 4.78 is 5.61. The van der Waals surface area contributed by atoms with Crippen LogP contribution in [0.1, 0.15) is 65.4 Å². The summed E-state index contributed by atoms with van der Waals surface area (Å²) in [6.07, 6.45) is 4.31. The second-order valence-corrected chi connectivity index (χ2v) is 8.36. The minimum absolute atomic E-state index is 0.0549. The number of ether oxygens (including phenoxy) is 1. The van der Waals surface area contributed by atoms with E-state index in [0.29, 0.717) is 30.3 Å². The second kappa shape index (κ2) is 12.2. The molecule has 0 aliphatic heterocycles. The number of rotatable bonds is 12. The van der Waals surface area contributed by atoms with Gasteiger partial charge in [0, 0.05) is 25.0 Å². The van der Waals surface area contributed by atoms with Crippen LogP contribution in [0, 0.1) is 0 Å². The van der Waals surface area contributed by atoms with Crippen LogP contribution < -0.4 is 15.4 Å². The third-order valence-corrected chi connectivity index (χ3v) is 4.34. The van der Waals surface area contributed by atoms with Crippen LogP contribution in [0.15, 0.2) is 18.2 Å². The Morgan fingerprint density at radius 2 is 2.00 bits per heavy atom. The molecule has 1 aromatic carbocycles. The van der Waals surface area contributed by atoms with Gasteiger partial charge in [0.25, 0.3) is 0 Å². The molecule has 0 aliphatic rings. The normalized spacial score (nSPS) is 12.7. The van der Waals surface area contributed by atoms with E-state index in [1.54, 1.807) is 12.1 Å². The highest BCUT2D eigenvalue weighted by molar-refractivity contribution is 6.32. The molecule has 0 saturated carbocycles. The molecule has 0 bridgehead atoms. The number of carbonyl (C=O) groups excluding carboxylic acids is 1.